The van der Waals surface area contributed by atoms with Crippen LogP contribution in [-0.4, -0.2) is 45.8 Å². The van der Waals surface area contributed by atoms with E-state index in [4.69, 9.17) is 11.6 Å². The standard InChI is InChI=1S/C20H25ClN4O.ClH/c1-13-19(14(2)25(23-13)18-7-3-15(21)4-8-18)11-20(26)24-10-9-16-5-6-17(12-24)22-16;/h3-4,7-8,16-17,22H,5-6,9-12H2,1-2H3;1H. The smallest absolute Gasteiger partial charge is 0.227 e. The molecule has 2 bridgehead atoms. The van der Waals surface area contributed by atoms with Gasteiger partial charge in [0, 0.05) is 41.5 Å². The number of nitrogens with one attached hydrogen (secondary N) is 1. The summed E-state index contributed by atoms with van der Waals surface area (Å²) in [6.07, 6.45) is 3.91. The number of carbonyl (C=O) groups excluding carboxylic acids is 1. The molecule has 0 spiro atoms. The fourth-order valence-electron chi connectivity index (χ4n) is 4.20. The van der Waals surface area contributed by atoms with Crippen molar-refractivity contribution in [2.24, 2.45) is 0 Å². The number of hydrogen-bond donors (Lipinski definition) is 1. The molecule has 2 fully saturated rings. The van der Waals surface area contributed by atoms with E-state index in [0.717, 1.165) is 42.1 Å². The van der Waals surface area contributed by atoms with E-state index in [1.54, 1.807) is 0 Å². The van der Waals surface area contributed by atoms with Gasteiger partial charge < -0.3 is 10.2 Å². The van der Waals surface area contributed by atoms with Gasteiger partial charge in [0.2, 0.25) is 5.91 Å². The second-order valence-electron chi connectivity index (χ2n) is 7.48. The van der Waals surface area contributed by atoms with E-state index in [9.17, 15) is 4.79 Å². The maximum absolute atomic E-state index is 12.9. The van der Waals surface area contributed by atoms with Crippen LogP contribution in [0, 0.1) is 13.8 Å². The quantitative estimate of drug-likeness (QED) is 0.845. The number of carbonyl (C=O) groups is 1. The number of aryl methyl sites for hydroxylation is 1. The molecule has 1 amide bonds. The Hall–Kier alpha value is -1.56. The van der Waals surface area contributed by atoms with Crippen molar-refractivity contribution >= 4 is 29.9 Å². The van der Waals surface area contributed by atoms with Crippen molar-refractivity contribution < 1.29 is 4.79 Å². The van der Waals surface area contributed by atoms with Gasteiger partial charge in [-0.3, -0.25) is 4.79 Å². The Bertz CT molecular complexity index is 818. The highest BCUT2D eigenvalue weighted by Gasteiger charge is 2.31. The van der Waals surface area contributed by atoms with Crippen LogP contribution in [-0.2, 0) is 11.2 Å². The van der Waals surface area contributed by atoms with Crippen molar-refractivity contribution in [3.8, 4) is 5.69 Å². The van der Waals surface area contributed by atoms with Gasteiger partial charge in [0.05, 0.1) is 17.8 Å². The first-order valence-electron chi connectivity index (χ1n) is 9.36. The normalized spacial score (nSPS) is 21.7. The molecule has 2 unspecified atom stereocenters. The van der Waals surface area contributed by atoms with Gasteiger partial charge in [-0.05, 0) is 57.4 Å². The van der Waals surface area contributed by atoms with Crippen LogP contribution in [0.15, 0.2) is 24.3 Å². The van der Waals surface area contributed by atoms with Crippen molar-refractivity contribution in [2.75, 3.05) is 13.1 Å². The number of amides is 1. The van der Waals surface area contributed by atoms with E-state index in [1.165, 1.54) is 12.8 Å². The van der Waals surface area contributed by atoms with Crippen molar-refractivity contribution in [3.05, 3.63) is 46.2 Å². The van der Waals surface area contributed by atoms with Crippen LogP contribution in [0.4, 0.5) is 0 Å². The van der Waals surface area contributed by atoms with Gasteiger partial charge in [-0.2, -0.15) is 5.10 Å². The molecule has 2 saturated heterocycles. The van der Waals surface area contributed by atoms with Crippen molar-refractivity contribution in [1.29, 1.82) is 0 Å². The molecule has 2 atom stereocenters. The zero-order valence-electron chi connectivity index (χ0n) is 15.7. The summed E-state index contributed by atoms with van der Waals surface area (Å²) in [5.74, 6) is 0.209. The molecule has 1 N–H and O–H groups in total. The number of fused-ring (bicyclic) bond motifs is 2. The average molecular weight is 409 g/mol. The number of halogens is 2. The lowest BCUT2D eigenvalue weighted by Gasteiger charge is -2.24. The molecular weight excluding hydrogens is 383 g/mol. The van der Waals surface area contributed by atoms with Crippen LogP contribution < -0.4 is 5.32 Å². The molecule has 2 aromatic rings. The summed E-state index contributed by atoms with van der Waals surface area (Å²) in [5.41, 5.74) is 3.94. The minimum atomic E-state index is 0. The third-order valence-electron chi connectivity index (χ3n) is 5.72. The summed E-state index contributed by atoms with van der Waals surface area (Å²) < 4.78 is 1.90. The molecule has 1 aromatic carbocycles. The van der Waals surface area contributed by atoms with E-state index in [2.05, 4.69) is 10.4 Å². The summed E-state index contributed by atoms with van der Waals surface area (Å²) in [7, 11) is 0. The number of aromatic nitrogens is 2. The van der Waals surface area contributed by atoms with Crippen molar-refractivity contribution in [2.45, 2.75) is 51.6 Å². The van der Waals surface area contributed by atoms with E-state index < -0.39 is 0 Å². The molecule has 27 heavy (non-hydrogen) atoms. The molecule has 0 aliphatic carbocycles. The summed E-state index contributed by atoms with van der Waals surface area (Å²) in [4.78, 5) is 15.0. The highest BCUT2D eigenvalue weighted by Crippen LogP contribution is 2.23. The first-order valence-corrected chi connectivity index (χ1v) is 9.74. The minimum absolute atomic E-state index is 0. The predicted molar refractivity (Wildman–Crippen MR) is 110 cm³/mol. The molecule has 2 aliphatic heterocycles. The third-order valence-corrected chi connectivity index (χ3v) is 5.97. The number of nitrogens with zero attached hydrogens (tertiary/aromatic N) is 3. The maximum atomic E-state index is 12.9. The van der Waals surface area contributed by atoms with Gasteiger partial charge in [-0.1, -0.05) is 11.6 Å². The van der Waals surface area contributed by atoms with Crippen LogP contribution in [0.3, 0.4) is 0 Å². The lowest BCUT2D eigenvalue weighted by atomic mass is 10.1. The Morgan fingerprint density at radius 1 is 1.19 bits per heavy atom. The lowest BCUT2D eigenvalue weighted by molar-refractivity contribution is -0.130. The highest BCUT2D eigenvalue weighted by atomic mass is 35.5. The number of likely N-dealkylation sites (tertiary alicyclic amines) is 1. The van der Waals surface area contributed by atoms with Crippen molar-refractivity contribution in [1.82, 2.24) is 20.0 Å². The predicted octanol–water partition coefficient (Wildman–Crippen LogP) is 3.46. The molecule has 3 heterocycles. The zero-order chi connectivity index (χ0) is 18.3. The van der Waals surface area contributed by atoms with Gasteiger partial charge >= 0.3 is 0 Å². The molecule has 4 rings (SSSR count). The SMILES string of the molecule is Cc1nn(-c2ccc(Cl)cc2)c(C)c1CC(=O)N1CCC2CCC(C1)N2.Cl. The van der Waals surface area contributed by atoms with Crippen molar-refractivity contribution in [3.63, 3.8) is 0 Å². The fourth-order valence-corrected chi connectivity index (χ4v) is 4.32. The molecule has 5 nitrogen and oxygen atoms in total. The van der Waals surface area contributed by atoms with E-state index >= 15 is 0 Å². The Kier molecular flexibility index (Phi) is 6.14. The Morgan fingerprint density at radius 3 is 2.63 bits per heavy atom. The summed E-state index contributed by atoms with van der Waals surface area (Å²) in [6.45, 7) is 5.70. The van der Waals surface area contributed by atoms with Crippen LogP contribution in [0.25, 0.3) is 5.69 Å². The number of rotatable bonds is 3. The van der Waals surface area contributed by atoms with Crippen LogP contribution in [0.1, 0.15) is 36.2 Å². The number of hydrogen-bond acceptors (Lipinski definition) is 3. The van der Waals surface area contributed by atoms with Gasteiger partial charge in [-0.25, -0.2) is 4.68 Å². The van der Waals surface area contributed by atoms with Crippen LogP contribution in [0.5, 0.6) is 0 Å². The van der Waals surface area contributed by atoms with Gasteiger partial charge in [0.25, 0.3) is 0 Å². The summed E-state index contributed by atoms with van der Waals surface area (Å²) in [6, 6.07) is 8.67. The average Bonchev–Trinajstić information content (AvgIpc) is 3.09. The molecule has 1 aromatic heterocycles. The number of benzene rings is 1. The zero-order valence-corrected chi connectivity index (χ0v) is 17.3. The van der Waals surface area contributed by atoms with Gasteiger partial charge in [0.1, 0.15) is 0 Å². The Balaban J connectivity index is 0.00000210. The summed E-state index contributed by atoms with van der Waals surface area (Å²) >= 11 is 5.99. The Labute approximate surface area is 171 Å². The first-order chi connectivity index (χ1) is 12.5. The second-order valence-corrected chi connectivity index (χ2v) is 7.92. The van der Waals surface area contributed by atoms with Crippen LogP contribution in [0.2, 0.25) is 5.02 Å². The third kappa shape index (κ3) is 4.15. The fraction of sp³-hybridized carbons (Fsp3) is 0.500. The largest absolute Gasteiger partial charge is 0.341 e. The molecule has 0 saturated carbocycles. The summed E-state index contributed by atoms with van der Waals surface area (Å²) in [5, 5.41) is 8.99. The Morgan fingerprint density at radius 2 is 1.89 bits per heavy atom. The molecule has 7 heteroatoms. The lowest BCUT2D eigenvalue weighted by Crippen LogP contribution is -2.39. The first kappa shape index (κ1) is 20.2. The molecule has 146 valence electrons. The topological polar surface area (TPSA) is 50.2 Å². The second kappa shape index (κ2) is 8.21. The monoisotopic (exact) mass is 408 g/mol. The van der Waals surface area contributed by atoms with E-state index in [1.807, 2.05) is 47.7 Å². The maximum Gasteiger partial charge on any atom is 0.227 e. The van der Waals surface area contributed by atoms with E-state index in [0.29, 0.717) is 23.5 Å². The molecular formula is C20H26Cl2N4O. The van der Waals surface area contributed by atoms with Crippen LogP contribution >= 0.6 is 24.0 Å². The van der Waals surface area contributed by atoms with Gasteiger partial charge in [0.15, 0.2) is 0 Å². The molecule has 2 aliphatic rings. The molecule has 0 radical (unpaired) electrons. The highest BCUT2D eigenvalue weighted by molar-refractivity contribution is 6.30. The van der Waals surface area contributed by atoms with Gasteiger partial charge in [-0.15, -0.1) is 12.4 Å². The van der Waals surface area contributed by atoms with E-state index in [-0.39, 0.29) is 18.3 Å². The minimum Gasteiger partial charge on any atom is -0.341 e.